The standard InChI is InChI=1S/C25H26N4O2S/c1-18-14-19(26-15-18)17-32-23-9-5-2-6-20(23)25(30)29-12-10-28(11-13-29)16-24-27-21-7-3-4-8-22(21)31-24/h2-9,14H,10-13,15-17H2,1H3. The van der Waals surface area contributed by atoms with Crippen LogP contribution in [0, 0.1) is 0 Å². The number of amides is 1. The van der Waals surface area contributed by atoms with E-state index in [0.29, 0.717) is 19.6 Å². The zero-order valence-electron chi connectivity index (χ0n) is 18.2. The topological polar surface area (TPSA) is 61.9 Å². The molecule has 3 aromatic rings. The number of rotatable bonds is 6. The zero-order chi connectivity index (χ0) is 21.9. The minimum Gasteiger partial charge on any atom is -0.439 e. The van der Waals surface area contributed by atoms with Gasteiger partial charge >= 0.3 is 0 Å². The van der Waals surface area contributed by atoms with E-state index in [0.717, 1.165) is 58.5 Å². The van der Waals surface area contributed by atoms with Crippen molar-refractivity contribution >= 4 is 34.5 Å². The van der Waals surface area contributed by atoms with E-state index < -0.39 is 0 Å². The van der Waals surface area contributed by atoms with Crippen molar-refractivity contribution in [3.05, 3.63) is 71.6 Å². The molecule has 5 rings (SSSR count). The maximum atomic E-state index is 13.3. The maximum absolute atomic E-state index is 13.3. The monoisotopic (exact) mass is 446 g/mol. The number of hydrogen-bond acceptors (Lipinski definition) is 6. The Hall–Kier alpha value is -2.90. The molecule has 1 saturated heterocycles. The Morgan fingerprint density at radius 1 is 1.06 bits per heavy atom. The third-order valence-corrected chi connectivity index (χ3v) is 6.90. The maximum Gasteiger partial charge on any atom is 0.255 e. The van der Waals surface area contributed by atoms with Gasteiger partial charge in [-0.25, -0.2) is 4.98 Å². The summed E-state index contributed by atoms with van der Waals surface area (Å²) >= 11 is 1.69. The van der Waals surface area contributed by atoms with Gasteiger partial charge in [0.05, 0.1) is 18.7 Å². The third-order valence-electron chi connectivity index (χ3n) is 5.79. The van der Waals surface area contributed by atoms with Crippen molar-refractivity contribution in [2.75, 3.05) is 38.5 Å². The van der Waals surface area contributed by atoms with Crippen molar-refractivity contribution in [3.63, 3.8) is 0 Å². The molecule has 0 bridgehead atoms. The lowest BCUT2D eigenvalue weighted by molar-refractivity contribution is 0.0615. The molecule has 3 heterocycles. The summed E-state index contributed by atoms with van der Waals surface area (Å²) in [5, 5.41) is 0. The van der Waals surface area contributed by atoms with Crippen LogP contribution in [0.4, 0.5) is 0 Å². The quantitative estimate of drug-likeness (QED) is 0.529. The Kier molecular flexibility index (Phi) is 6.10. The molecule has 0 spiro atoms. The number of carbonyl (C=O) groups is 1. The van der Waals surface area contributed by atoms with Gasteiger partial charge in [0.2, 0.25) is 5.89 Å². The Morgan fingerprint density at radius 3 is 2.62 bits per heavy atom. The fraction of sp³-hybridized carbons (Fsp3) is 0.320. The van der Waals surface area contributed by atoms with Crippen molar-refractivity contribution in [2.24, 2.45) is 4.99 Å². The molecule has 1 aromatic heterocycles. The van der Waals surface area contributed by atoms with Gasteiger partial charge in [-0.05, 0) is 37.3 Å². The molecule has 0 N–H and O–H groups in total. The lowest BCUT2D eigenvalue weighted by atomic mass is 10.2. The van der Waals surface area contributed by atoms with Gasteiger partial charge in [0.15, 0.2) is 5.58 Å². The van der Waals surface area contributed by atoms with Crippen LogP contribution < -0.4 is 0 Å². The molecule has 164 valence electrons. The van der Waals surface area contributed by atoms with E-state index in [1.165, 1.54) is 5.57 Å². The van der Waals surface area contributed by atoms with Gasteiger partial charge in [0, 0.05) is 42.5 Å². The number of allylic oxidation sites excluding steroid dienone is 1. The lowest BCUT2D eigenvalue weighted by Crippen LogP contribution is -2.48. The molecule has 2 aliphatic rings. The summed E-state index contributed by atoms with van der Waals surface area (Å²) in [6.07, 6.45) is 2.15. The number of fused-ring (bicyclic) bond motifs is 1. The first-order valence-electron chi connectivity index (χ1n) is 10.9. The summed E-state index contributed by atoms with van der Waals surface area (Å²) in [5.74, 6) is 1.63. The summed E-state index contributed by atoms with van der Waals surface area (Å²) in [6, 6.07) is 15.7. The van der Waals surface area contributed by atoms with E-state index in [1.807, 2.05) is 53.4 Å². The summed E-state index contributed by atoms with van der Waals surface area (Å²) < 4.78 is 5.86. The van der Waals surface area contributed by atoms with Crippen LogP contribution in [0.15, 0.2) is 74.5 Å². The summed E-state index contributed by atoms with van der Waals surface area (Å²) in [7, 11) is 0. The summed E-state index contributed by atoms with van der Waals surface area (Å²) in [4.78, 5) is 27.7. The summed E-state index contributed by atoms with van der Waals surface area (Å²) in [6.45, 7) is 6.58. The number of aliphatic imine (C=N–C) groups is 1. The van der Waals surface area contributed by atoms with Crippen LogP contribution in [0.1, 0.15) is 23.2 Å². The number of carbonyl (C=O) groups excluding carboxylic acids is 1. The van der Waals surface area contributed by atoms with Crippen LogP contribution in [-0.4, -0.2) is 64.9 Å². The first-order valence-corrected chi connectivity index (χ1v) is 11.9. The second kappa shape index (κ2) is 9.30. The van der Waals surface area contributed by atoms with E-state index in [4.69, 9.17) is 4.42 Å². The predicted molar refractivity (Wildman–Crippen MR) is 128 cm³/mol. The van der Waals surface area contributed by atoms with Gasteiger partial charge in [0.25, 0.3) is 5.91 Å². The number of benzene rings is 2. The Bertz CT molecular complexity index is 1160. The van der Waals surface area contributed by atoms with E-state index >= 15 is 0 Å². The number of hydrogen-bond donors (Lipinski definition) is 0. The van der Waals surface area contributed by atoms with Gasteiger partial charge in [-0.2, -0.15) is 0 Å². The average Bonchev–Trinajstić information content (AvgIpc) is 3.43. The largest absolute Gasteiger partial charge is 0.439 e. The average molecular weight is 447 g/mol. The van der Waals surface area contributed by atoms with Gasteiger partial charge in [0.1, 0.15) is 5.52 Å². The van der Waals surface area contributed by atoms with Gasteiger partial charge in [-0.15, -0.1) is 11.8 Å². The third kappa shape index (κ3) is 4.64. The van der Waals surface area contributed by atoms with Gasteiger partial charge in [-0.1, -0.05) is 29.8 Å². The Morgan fingerprint density at radius 2 is 1.84 bits per heavy atom. The molecule has 2 aliphatic heterocycles. The second-order valence-electron chi connectivity index (χ2n) is 8.23. The molecule has 0 unspecified atom stereocenters. The van der Waals surface area contributed by atoms with E-state index in [2.05, 4.69) is 27.9 Å². The molecule has 1 fully saturated rings. The van der Waals surface area contributed by atoms with Crippen LogP contribution >= 0.6 is 11.8 Å². The van der Waals surface area contributed by atoms with Crippen LogP contribution in [0.2, 0.25) is 0 Å². The molecule has 2 aromatic carbocycles. The van der Waals surface area contributed by atoms with Crippen molar-refractivity contribution in [1.82, 2.24) is 14.8 Å². The minimum atomic E-state index is 0.106. The molecule has 32 heavy (non-hydrogen) atoms. The van der Waals surface area contributed by atoms with Gasteiger partial charge in [-0.3, -0.25) is 14.7 Å². The fourth-order valence-electron chi connectivity index (χ4n) is 4.07. The van der Waals surface area contributed by atoms with Crippen molar-refractivity contribution < 1.29 is 9.21 Å². The first-order chi connectivity index (χ1) is 15.7. The van der Waals surface area contributed by atoms with Crippen LogP contribution in [-0.2, 0) is 6.54 Å². The SMILES string of the molecule is CC1=CC(CSc2ccccc2C(=O)N2CCN(Cc3nc4ccccc4o3)CC2)=NC1. The smallest absolute Gasteiger partial charge is 0.255 e. The highest BCUT2D eigenvalue weighted by Gasteiger charge is 2.25. The van der Waals surface area contributed by atoms with Crippen molar-refractivity contribution in [2.45, 2.75) is 18.4 Å². The van der Waals surface area contributed by atoms with Crippen LogP contribution in [0.5, 0.6) is 0 Å². The molecule has 0 saturated carbocycles. The number of thioether (sulfide) groups is 1. The van der Waals surface area contributed by atoms with Gasteiger partial charge < -0.3 is 9.32 Å². The zero-order valence-corrected chi connectivity index (χ0v) is 19.0. The highest BCUT2D eigenvalue weighted by atomic mass is 32.2. The van der Waals surface area contributed by atoms with Crippen LogP contribution in [0.3, 0.4) is 0 Å². The summed E-state index contributed by atoms with van der Waals surface area (Å²) in [5.41, 5.74) is 4.88. The predicted octanol–water partition coefficient (Wildman–Crippen LogP) is 4.28. The second-order valence-corrected chi connectivity index (χ2v) is 9.24. The van der Waals surface area contributed by atoms with E-state index in [9.17, 15) is 4.79 Å². The van der Waals surface area contributed by atoms with Crippen molar-refractivity contribution in [3.8, 4) is 0 Å². The molecule has 0 radical (unpaired) electrons. The lowest BCUT2D eigenvalue weighted by Gasteiger charge is -2.34. The Labute approximate surface area is 192 Å². The number of para-hydroxylation sites is 2. The molecular weight excluding hydrogens is 420 g/mol. The normalized spacial score (nSPS) is 17.0. The molecule has 1 amide bonds. The molecular formula is C25H26N4O2S. The molecule has 7 heteroatoms. The molecule has 0 aliphatic carbocycles. The highest BCUT2D eigenvalue weighted by Crippen LogP contribution is 2.26. The van der Waals surface area contributed by atoms with E-state index in [-0.39, 0.29) is 5.91 Å². The number of aromatic nitrogens is 1. The number of piperazine rings is 1. The molecule has 0 atom stereocenters. The van der Waals surface area contributed by atoms with Crippen LogP contribution in [0.25, 0.3) is 11.1 Å². The van der Waals surface area contributed by atoms with E-state index in [1.54, 1.807) is 11.8 Å². The fourth-order valence-corrected chi connectivity index (χ4v) is 5.03. The van der Waals surface area contributed by atoms with Crippen molar-refractivity contribution in [1.29, 1.82) is 0 Å². The number of nitrogens with zero attached hydrogens (tertiary/aromatic N) is 4. The number of oxazole rings is 1. The Balaban J connectivity index is 1.19. The highest BCUT2D eigenvalue weighted by molar-refractivity contribution is 8.00. The first kappa shape index (κ1) is 21.0. The molecule has 6 nitrogen and oxygen atoms in total. The minimum absolute atomic E-state index is 0.106.